The van der Waals surface area contributed by atoms with Gasteiger partial charge in [0.05, 0.1) is 35.7 Å². The molecular weight excluding hydrogens is 435 g/mol. The third-order valence-electron chi connectivity index (χ3n) is 2.57. The van der Waals surface area contributed by atoms with E-state index in [0.717, 1.165) is 0 Å². The van der Waals surface area contributed by atoms with Crippen LogP contribution < -0.4 is 4.72 Å². The molecule has 0 bridgehead atoms. The van der Waals surface area contributed by atoms with Crippen molar-refractivity contribution in [2.45, 2.75) is 4.90 Å². The number of hydrogen-bond donors (Lipinski definition) is 1. The average Bonchev–Trinajstić information content (AvgIpc) is 2.48. The molecule has 2 rings (SSSR count). The lowest BCUT2D eigenvalue weighted by atomic mass is 10.3. The number of halogens is 6. The fourth-order valence-electron chi connectivity index (χ4n) is 1.50. The molecule has 0 aliphatic rings. The predicted molar refractivity (Wildman–Crippen MR) is 93.8 cm³/mol. The molecule has 0 aromatic heterocycles. The minimum Gasteiger partial charge on any atom is -0.276 e. The molecule has 0 radical (unpaired) electrons. The van der Waals surface area contributed by atoms with Gasteiger partial charge in [0.25, 0.3) is 10.0 Å². The largest absolute Gasteiger partial charge is 0.276 e. The molecule has 2 aromatic carbocycles. The van der Waals surface area contributed by atoms with E-state index in [9.17, 15) is 8.42 Å². The SMILES string of the molecule is O=S(=O)(Nc1c(Cl)c(Cl)c(Cl)c(Cl)c1Cl)c1ccc(Cl)cc1. The van der Waals surface area contributed by atoms with Gasteiger partial charge in [0, 0.05) is 5.02 Å². The molecule has 0 heterocycles. The number of benzene rings is 2. The summed E-state index contributed by atoms with van der Waals surface area (Å²) in [5.41, 5.74) is -0.155. The Morgan fingerprint density at radius 2 is 1.09 bits per heavy atom. The quantitative estimate of drug-likeness (QED) is 0.443. The van der Waals surface area contributed by atoms with Crippen molar-refractivity contribution < 1.29 is 8.42 Å². The minimum atomic E-state index is -3.96. The molecule has 0 aliphatic carbocycles. The lowest BCUT2D eigenvalue weighted by Gasteiger charge is -2.14. The van der Waals surface area contributed by atoms with Crippen LogP contribution in [0.5, 0.6) is 0 Å². The van der Waals surface area contributed by atoms with Crippen LogP contribution in [-0.2, 0) is 10.0 Å². The Balaban J connectivity index is 2.53. The second-order valence-electron chi connectivity index (χ2n) is 4.00. The normalized spacial score (nSPS) is 11.5. The second-order valence-corrected chi connectivity index (χ2v) is 8.01. The van der Waals surface area contributed by atoms with Gasteiger partial charge in [-0.2, -0.15) is 0 Å². The number of sulfonamides is 1. The van der Waals surface area contributed by atoms with E-state index in [-0.39, 0.29) is 35.7 Å². The zero-order chi connectivity index (χ0) is 16.7. The van der Waals surface area contributed by atoms with Gasteiger partial charge >= 0.3 is 0 Å². The molecule has 0 saturated carbocycles. The van der Waals surface area contributed by atoms with Crippen LogP contribution in [0.3, 0.4) is 0 Å². The monoisotopic (exact) mass is 437 g/mol. The summed E-state index contributed by atoms with van der Waals surface area (Å²) in [6, 6.07) is 5.51. The van der Waals surface area contributed by atoms with E-state index >= 15 is 0 Å². The Labute approximate surface area is 157 Å². The second kappa shape index (κ2) is 6.81. The van der Waals surface area contributed by atoms with E-state index in [1.807, 2.05) is 0 Å². The van der Waals surface area contributed by atoms with Crippen LogP contribution in [0, 0.1) is 0 Å². The highest BCUT2D eigenvalue weighted by molar-refractivity contribution is 7.92. The number of rotatable bonds is 3. The Bertz CT molecular complexity index is 807. The van der Waals surface area contributed by atoms with Crippen LogP contribution in [0.1, 0.15) is 0 Å². The molecule has 0 fully saturated rings. The smallest absolute Gasteiger partial charge is 0.261 e. The molecule has 0 aliphatic heterocycles. The third-order valence-corrected chi connectivity index (χ3v) is 6.46. The van der Waals surface area contributed by atoms with Gasteiger partial charge in [-0.25, -0.2) is 8.42 Å². The van der Waals surface area contributed by atoms with Crippen LogP contribution >= 0.6 is 69.6 Å². The zero-order valence-corrected chi connectivity index (χ0v) is 15.7. The first-order valence-electron chi connectivity index (χ1n) is 5.45. The molecule has 3 nitrogen and oxygen atoms in total. The summed E-state index contributed by atoms with van der Waals surface area (Å²) in [6.07, 6.45) is 0. The molecular formula is C12H5Cl6NO2S. The van der Waals surface area contributed by atoms with Crippen LogP contribution in [0.4, 0.5) is 5.69 Å². The summed E-state index contributed by atoms with van der Waals surface area (Å²) < 4.78 is 26.9. The van der Waals surface area contributed by atoms with Crippen LogP contribution in [-0.4, -0.2) is 8.42 Å². The van der Waals surface area contributed by atoms with Gasteiger partial charge in [-0.1, -0.05) is 69.6 Å². The standard InChI is InChI=1S/C12H5Cl6NO2S/c13-5-1-3-6(4-2-5)22(20,21)19-12-10(17)8(15)7(14)9(16)11(12)18/h1-4,19H. The summed E-state index contributed by atoms with van der Waals surface area (Å²) >= 11 is 35.3. The fraction of sp³-hybridized carbons (Fsp3) is 0. The third kappa shape index (κ3) is 3.54. The maximum atomic E-state index is 12.3. The Hall–Kier alpha value is -0.0700. The van der Waals surface area contributed by atoms with Crippen molar-refractivity contribution in [1.29, 1.82) is 0 Å². The van der Waals surface area contributed by atoms with Crippen molar-refractivity contribution in [3.63, 3.8) is 0 Å². The van der Waals surface area contributed by atoms with E-state index in [1.165, 1.54) is 24.3 Å². The average molecular weight is 440 g/mol. The highest BCUT2D eigenvalue weighted by Gasteiger charge is 2.23. The van der Waals surface area contributed by atoms with Gasteiger partial charge in [0.2, 0.25) is 0 Å². The van der Waals surface area contributed by atoms with Crippen molar-refractivity contribution >= 4 is 85.3 Å². The van der Waals surface area contributed by atoms with Gasteiger partial charge in [-0.3, -0.25) is 4.72 Å². The summed E-state index contributed by atoms with van der Waals surface area (Å²) in [5.74, 6) is 0. The first kappa shape index (κ1) is 18.3. The van der Waals surface area contributed by atoms with E-state index in [2.05, 4.69) is 4.72 Å². The molecule has 22 heavy (non-hydrogen) atoms. The molecule has 1 N–H and O–H groups in total. The number of anilines is 1. The van der Waals surface area contributed by atoms with Crippen molar-refractivity contribution in [3.05, 3.63) is 54.4 Å². The molecule has 0 saturated heterocycles. The molecule has 0 amide bonds. The highest BCUT2D eigenvalue weighted by atomic mass is 35.5. The highest BCUT2D eigenvalue weighted by Crippen LogP contribution is 2.47. The Morgan fingerprint density at radius 3 is 1.55 bits per heavy atom. The summed E-state index contributed by atoms with van der Waals surface area (Å²) in [5, 5.41) is -0.185. The van der Waals surface area contributed by atoms with Crippen molar-refractivity contribution in [3.8, 4) is 0 Å². The molecule has 2 aromatic rings. The fourth-order valence-corrected chi connectivity index (χ4v) is 4.06. The molecule has 118 valence electrons. The maximum Gasteiger partial charge on any atom is 0.261 e. The number of hydrogen-bond acceptors (Lipinski definition) is 2. The van der Waals surface area contributed by atoms with Crippen molar-refractivity contribution in [2.75, 3.05) is 4.72 Å². The van der Waals surface area contributed by atoms with Gasteiger partial charge < -0.3 is 0 Å². The lowest BCUT2D eigenvalue weighted by Crippen LogP contribution is -2.13. The summed E-state index contributed by atoms with van der Waals surface area (Å²) in [6.45, 7) is 0. The van der Waals surface area contributed by atoms with E-state index in [1.54, 1.807) is 0 Å². The molecule has 0 atom stereocenters. The van der Waals surface area contributed by atoms with E-state index < -0.39 is 10.0 Å². The zero-order valence-electron chi connectivity index (χ0n) is 10.3. The van der Waals surface area contributed by atoms with E-state index in [4.69, 9.17) is 69.6 Å². The molecule has 10 heteroatoms. The van der Waals surface area contributed by atoms with Gasteiger partial charge in [0.1, 0.15) is 0 Å². The van der Waals surface area contributed by atoms with Crippen molar-refractivity contribution in [2.24, 2.45) is 0 Å². The van der Waals surface area contributed by atoms with Gasteiger partial charge in [-0.05, 0) is 24.3 Å². The van der Waals surface area contributed by atoms with Crippen LogP contribution in [0.15, 0.2) is 29.2 Å². The van der Waals surface area contributed by atoms with E-state index in [0.29, 0.717) is 5.02 Å². The predicted octanol–water partition coefficient (Wildman–Crippen LogP) is 6.41. The topological polar surface area (TPSA) is 46.2 Å². The minimum absolute atomic E-state index is 0.0359. The number of nitrogens with one attached hydrogen (secondary N) is 1. The first-order valence-corrected chi connectivity index (χ1v) is 9.20. The molecule has 0 unspecified atom stereocenters. The first-order chi connectivity index (χ1) is 10.1. The lowest BCUT2D eigenvalue weighted by molar-refractivity contribution is 0.601. The molecule has 0 spiro atoms. The Morgan fingerprint density at radius 1 is 0.682 bits per heavy atom. The van der Waals surface area contributed by atoms with Gasteiger partial charge in [-0.15, -0.1) is 0 Å². The van der Waals surface area contributed by atoms with Gasteiger partial charge in [0.15, 0.2) is 0 Å². The summed E-state index contributed by atoms with van der Waals surface area (Å²) in [7, 11) is -3.96. The Kier molecular flexibility index (Phi) is 5.66. The summed E-state index contributed by atoms with van der Waals surface area (Å²) in [4.78, 5) is -0.0359. The maximum absolute atomic E-state index is 12.3. The van der Waals surface area contributed by atoms with Crippen molar-refractivity contribution in [1.82, 2.24) is 0 Å². The van der Waals surface area contributed by atoms with Crippen LogP contribution in [0.2, 0.25) is 30.1 Å². The van der Waals surface area contributed by atoms with Crippen LogP contribution in [0.25, 0.3) is 0 Å².